The number of nitrogens with zero attached hydrogens (tertiary/aromatic N) is 4. The van der Waals surface area contributed by atoms with E-state index < -0.39 is 0 Å². The Morgan fingerprint density at radius 3 is 2.55 bits per heavy atom. The molecule has 148 valence electrons. The van der Waals surface area contributed by atoms with Crippen LogP contribution in [-0.4, -0.2) is 45.0 Å². The zero-order valence-corrected chi connectivity index (χ0v) is 16.1. The second kappa shape index (κ2) is 8.79. The van der Waals surface area contributed by atoms with E-state index in [2.05, 4.69) is 15.0 Å². The van der Waals surface area contributed by atoms with E-state index in [1.54, 1.807) is 12.4 Å². The molecular weight excluding hydrogens is 366 g/mol. The Labute approximate surface area is 169 Å². The highest BCUT2D eigenvalue weighted by Gasteiger charge is 2.24. The van der Waals surface area contributed by atoms with Crippen molar-refractivity contribution in [3.63, 3.8) is 0 Å². The minimum Gasteiger partial charge on any atom is -0.382 e. The average molecular weight is 389 g/mol. The molecule has 1 aliphatic heterocycles. The molecule has 1 aliphatic rings. The first-order valence-electron chi connectivity index (χ1n) is 9.67. The van der Waals surface area contributed by atoms with Gasteiger partial charge >= 0.3 is 0 Å². The molecular formula is C22H23N5O2. The molecule has 0 atom stereocenters. The second-order valence-corrected chi connectivity index (χ2v) is 7.07. The number of pyridine rings is 1. The van der Waals surface area contributed by atoms with Crippen LogP contribution in [0.15, 0.2) is 61.2 Å². The molecule has 7 nitrogen and oxygen atoms in total. The summed E-state index contributed by atoms with van der Waals surface area (Å²) >= 11 is 0. The minimum atomic E-state index is 0.0425. The van der Waals surface area contributed by atoms with E-state index in [1.807, 2.05) is 47.5 Å². The summed E-state index contributed by atoms with van der Waals surface area (Å²) in [7, 11) is 0. The Hall–Kier alpha value is -3.32. The van der Waals surface area contributed by atoms with Gasteiger partial charge in [-0.05, 0) is 36.6 Å². The third-order valence-corrected chi connectivity index (χ3v) is 5.02. The molecule has 1 aromatic carbocycles. The maximum atomic E-state index is 12.8. The number of rotatable bonds is 5. The number of aromatic nitrogens is 3. The summed E-state index contributed by atoms with van der Waals surface area (Å²) in [4.78, 5) is 27.1. The van der Waals surface area contributed by atoms with Crippen LogP contribution < -0.4 is 5.73 Å². The van der Waals surface area contributed by atoms with Crippen molar-refractivity contribution >= 4 is 11.7 Å². The van der Waals surface area contributed by atoms with E-state index in [9.17, 15) is 4.79 Å². The number of benzene rings is 1. The molecule has 0 radical (unpaired) electrons. The van der Waals surface area contributed by atoms with E-state index >= 15 is 0 Å². The lowest BCUT2D eigenvalue weighted by Gasteiger charge is -2.32. The molecule has 0 saturated carbocycles. The van der Waals surface area contributed by atoms with Gasteiger partial charge in [-0.15, -0.1) is 0 Å². The molecule has 3 heterocycles. The third kappa shape index (κ3) is 4.75. The third-order valence-electron chi connectivity index (χ3n) is 5.02. The lowest BCUT2D eigenvalue weighted by Crippen LogP contribution is -2.40. The highest BCUT2D eigenvalue weighted by Crippen LogP contribution is 2.21. The summed E-state index contributed by atoms with van der Waals surface area (Å²) in [6.07, 6.45) is 8.57. The van der Waals surface area contributed by atoms with E-state index in [0.29, 0.717) is 36.8 Å². The van der Waals surface area contributed by atoms with Crippen LogP contribution in [0.2, 0.25) is 0 Å². The molecule has 0 spiro atoms. The molecule has 29 heavy (non-hydrogen) atoms. The molecule has 1 saturated heterocycles. The molecule has 0 aliphatic carbocycles. The fraction of sp³-hybridized carbons (Fsp3) is 0.273. The summed E-state index contributed by atoms with van der Waals surface area (Å²) in [6.45, 7) is 1.94. The van der Waals surface area contributed by atoms with Crippen molar-refractivity contribution < 1.29 is 9.53 Å². The quantitative estimate of drug-likeness (QED) is 0.721. The standard InChI is InChI=1S/C22H23N5O2/c23-21-14-25-13-20(26-21)17-3-5-18(6-4-17)22(28)27-10-7-19(8-11-27)29-15-16-2-1-9-24-12-16/h1-6,9,12-14,19H,7-8,10-11,15H2,(H2,23,26). The highest BCUT2D eigenvalue weighted by atomic mass is 16.5. The van der Waals surface area contributed by atoms with Crippen LogP contribution in [0.3, 0.4) is 0 Å². The van der Waals surface area contributed by atoms with E-state index in [0.717, 1.165) is 24.0 Å². The van der Waals surface area contributed by atoms with Gasteiger partial charge in [0.25, 0.3) is 5.91 Å². The number of piperidine rings is 1. The van der Waals surface area contributed by atoms with Crippen LogP contribution in [0.25, 0.3) is 11.3 Å². The van der Waals surface area contributed by atoms with Crippen LogP contribution in [0.4, 0.5) is 5.82 Å². The zero-order valence-electron chi connectivity index (χ0n) is 16.1. The molecule has 1 fully saturated rings. The van der Waals surface area contributed by atoms with Gasteiger partial charge in [0.2, 0.25) is 0 Å². The normalized spacial score (nSPS) is 14.7. The summed E-state index contributed by atoms with van der Waals surface area (Å²) < 4.78 is 5.98. The van der Waals surface area contributed by atoms with Gasteiger partial charge in [0.15, 0.2) is 0 Å². The number of nitrogen functional groups attached to an aromatic ring is 1. The number of hydrogen-bond acceptors (Lipinski definition) is 6. The first-order chi connectivity index (χ1) is 14.2. The lowest BCUT2D eigenvalue weighted by molar-refractivity contribution is -0.000468. The largest absolute Gasteiger partial charge is 0.382 e. The van der Waals surface area contributed by atoms with Crippen molar-refractivity contribution in [2.75, 3.05) is 18.8 Å². The van der Waals surface area contributed by atoms with Crippen molar-refractivity contribution in [2.24, 2.45) is 0 Å². The van der Waals surface area contributed by atoms with Crippen molar-refractivity contribution in [1.82, 2.24) is 19.9 Å². The Morgan fingerprint density at radius 1 is 1.07 bits per heavy atom. The predicted octanol–water partition coefficient (Wildman–Crippen LogP) is 2.94. The average Bonchev–Trinajstić information content (AvgIpc) is 2.78. The molecule has 7 heteroatoms. The second-order valence-electron chi connectivity index (χ2n) is 7.07. The number of hydrogen-bond donors (Lipinski definition) is 1. The summed E-state index contributed by atoms with van der Waals surface area (Å²) in [5.74, 6) is 0.414. The Bertz CT molecular complexity index is 954. The lowest BCUT2D eigenvalue weighted by atomic mass is 10.0. The first kappa shape index (κ1) is 19.0. The van der Waals surface area contributed by atoms with Gasteiger partial charge in [-0.3, -0.25) is 14.8 Å². The number of likely N-dealkylation sites (tertiary alicyclic amines) is 1. The van der Waals surface area contributed by atoms with Crippen LogP contribution >= 0.6 is 0 Å². The minimum absolute atomic E-state index is 0.0425. The van der Waals surface area contributed by atoms with Crippen molar-refractivity contribution in [1.29, 1.82) is 0 Å². The van der Waals surface area contributed by atoms with Gasteiger partial charge < -0.3 is 15.4 Å². The van der Waals surface area contributed by atoms with Gasteiger partial charge in [-0.1, -0.05) is 18.2 Å². The van der Waals surface area contributed by atoms with E-state index in [4.69, 9.17) is 10.5 Å². The van der Waals surface area contributed by atoms with Gasteiger partial charge in [-0.2, -0.15) is 0 Å². The number of nitrogens with two attached hydrogens (primary N) is 1. The number of carbonyl (C=O) groups excluding carboxylic acids is 1. The Morgan fingerprint density at radius 2 is 1.86 bits per heavy atom. The Balaban J connectivity index is 1.31. The smallest absolute Gasteiger partial charge is 0.253 e. The maximum absolute atomic E-state index is 12.8. The van der Waals surface area contributed by atoms with Crippen molar-refractivity contribution in [3.05, 3.63) is 72.3 Å². The zero-order chi connectivity index (χ0) is 20.1. The fourth-order valence-electron chi connectivity index (χ4n) is 3.41. The topological polar surface area (TPSA) is 94.2 Å². The van der Waals surface area contributed by atoms with Gasteiger partial charge in [0, 0.05) is 36.6 Å². The van der Waals surface area contributed by atoms with Crippen LogP contribution in [0.1, 0.15) is 28.8 Å². The maximum Gasteiger partial charge on any atom is 0.253 e. The number of carbonyl (C=O) groups is 1. The molecule has 0 bridgehead atoms. The fourth-order valence-corrected chi connectivity index (χ4v) is 3.41. The van der Waals surface area contributed by atoms with Crippen molar-refractivity contribution in [2.45, 2.75) is 25.6 Å². The first-order valence-corrected chi connectivity index (χ1v) is 9.67. The molecule has 1 amide bonds. The number of amides is 1. The van der Waals surface area contributed by atoms with Crippen LogP contribution in [0.5, 0.6) is 0 Å². The summed E-state index contributed by atoms with van der Waals surface area (Å²) in [6, 6.07) is 11.3. The predicted molar refractivity (Wildman–Crippen MR) is 110 cm³/mol. The SMILES string of the molecule is Nc1cncc(-c2ccc(C(=O)N3CCC(OCc4cccnc4)CC3)cc2)n1. The number of anilines is 1. The van der Waals surface area contributed by atoms with Gasteiger partial charge in [0.05, 0.1) is 30.8 Å². The molecule has 3 aromatic rings. The van der Waals surface area contributed by atoms with Crippen LogP contribution in [-0.2, 0) is 11.3 Å². The molecule has 4 rings (SSSR count). The van der Waals surface area contributed by atoms with Gasteiger partial charge in [-0.25, -0.2) is 4.98 Å². The van der Waals surface area contributed by atoms with Gasteiger partial charge in [0.1, 0.15) is 5.82 Å². The van der Waals surface area contributed by atoms with Crippen LogP contribution in [0, 0.1) is 0 Å². The van der Waals surface area contributed by atoms with Crippen molar-refractivity contribution in [3.8, 4) is 11.3 Å². The summed E-state index contributed by atoms with van der Waals surface area (Å²) in [5, 5.41) is 0. The highest BCUT2D eigenvalue weighted by molar-refractivity contribution is 5.94. The monoisotopic (exact) mass is 389 g/mol. The number of ether oxygens (including phenoxy) is 1. The summed E-state index contributed by atoms with van der Waals surface area (Å²) in [5.41, 5.74) is 8.99. The Kier molecular flexibility index (Phi) is 5.76. The van der Waals surface area contributed by atoms with E-state index in [-0.39, 0.29) is 12.0 Å². The molecule has 0 unspecified atom stereocenters. The van der Waals surface area contributed by atoms with E-state index in [1.165, 1.54) is 6.20 Å². The molecule has 2 aromatic heterocycles. The molecule has 2 N–H and O–H groups in total.